The summed E-state index contributed by atoms with van der Waals surface area (Å²) in [7, 11) is 1.65. The van der Waals surface area contributed by atoms with Crippen LogP contribution >= 0.6 is 0 Å². The van der Waals surface area contributed by atoms with Crippen molar-refractivity contribution in [1.82, 2.24) is 0 Å². The van der Waals surface area contributed by atoms with Crippen LogP contribution in [0.4, 0.5) is 5.69 Å². The Morgan fingerprint density at radius 2 is 2.27 bits per heavy atom. The number of anilines is 1. The second-order valence-corrected chi connectivity index (χ2v) is 4.44. The van der Waals surface area contributed by atoms with Gasteiger partial charge >= 0.3 is 0 Å². The second kappa shape index (κ2) is 2.54. The molecule has 15 heavy (non-hydrogen) atoms. The molecule has 0 aromatic heterocycles. The number of nitrogens with one attached hydrogen (secondary N) is 1. The third-order valence-corrected chi connectivity index (χ3v) is 3.67. The number of benzene rings is 1. The van der Waals surface area contributed by atoms with E-state index in [1.54, 1.807) is 7.11 Å². The van der Waals surface area contributed by atoms with E-state index in [9.17, 15) is 4.79 Å². The van der Waals surface area contributed by atoms with Gasteiger partial charge in [-0.25, -0.2) is 0 Å². The lowest BCUT2D eigenvalue weighted by atomic mass is 9.95. The van der Waals surface area contributed by atoms with Crippen molar-refractivity contribution >= 4 is 11.6 Å². The number of carbonyl (C=O) groups excluding carboxylic acids is 1. The van der Waals surface area contributed by atoms with E-state index in [0.29, 0.717) is 5.92 Å². The molecule has 1 aromatic rings. The van der Waals surface area contributed by atoms with E-state index in [1.165, 1.54) is 0 Å². The van der Waals surface area contributed by atoms with Crippen LogP contribution in [-0.2, 0) is 10.2 Å². The SMILES string of the molecule is COc1ccc2c(c1)[C@]1(C[C@H]1C)C(=O)N2. The van der Waals surface area contributed by atoms with Gasteiger partial charge in [0.1, 0.15) is 5.75 Å². The number of hydrogen-bond donors (Lipinski definition) is 1. The fourth-order valence-corrected chi connectivity index (χ4v) is 2.60. The van der Waals surface area contributed by atoms with Crippen LogP contribution in [0.5, 0.6) is 5.75 Å². The maximum absolute atomic E-state index is 11.9. The highest BCUT2D eigenvalue weighted by Crippen LogP contribution is 2.60. The predicted molar refractivity (Wildman–Crippen MR) is 57.1 cm³/mol. The van der Waals surface area contributed by atoms with E-state index in [1.807, 2.05) is 18.2 Å². The maximum atomic E-state index is 11.9. The number of methoxy groups -OCH3 is 1. The molecule has 0 unspecified atom stereocenters. The van der Waals surface area contributed by atoms with Gasteiger partial charge in [-0.3, -0.25) is 4.79 Å². The molecular formula is C12H13NO2. The first-order chi connectivity index (χ1) is 7.18. The lowest BCUT2D eigenvalue weighted by Crippen LogP contribution is -2.20. The first kappa shape index (κ1) is 8.77. The molecule has 1 aliphatic carbocycles. The topological polar surface area (TPSA) is 38.3 Å². The van der Waals surface area contributed by atoms with Crippen molar-refractivity contribution in [2.75, 3.05) is 12.4 Å². The summed E-state index contributed by atoms with van der Waals surface area (Å²) in [5.41, 5.74) is 1.81. The Hall–Kier alpha value is -1.51. The summed E-state index contributed by atoms with van der Waals surface area (Å²) in [4.78, 5) is 11.9. The zero-order chi connectivity index (χ0) is 10.6. The Kier molecular flexibility index (Phi) is 1.48. The van der Waals surface area contributed by atoms with Crippen molar-refractivity contribution in [3.8, 4) is 5.75 Å². The Labute approximate surface area is 88.4 Å². The fourth-order valence-electron chi connectivity index (χ4n) is 2.60. The molecule has 78 valence electrons. The minimum atomic E-state index is -0.246. The minimum Gasteiger partial charge on any atom is -0.497 e. The molecule has 3 rings (SSSR count). The third kappa shape index (κ3) is 0.928. The Balaban J connectivity index is 2.15. The van der Waals surface area contributed by atoms with Crippen LogP contribution in [0.1, 0.15) is 18.9 Å². The second-order valence-electron chi connectivity index (χ2n) is 4.44. The summed E-state index contributed by atoms with van der Waals surface area (Å²) < 4.78 is 5.19. The van der Waals surface area contributed by atoms with E-state index in [2.05, 4.69) is 12.2 Å². The number of ether oxygens (including phenoxy) is 1. The molecule has 0 saturated heterocycles. The van der Waals surface area contributed by atoms with Gasteiger partial charge in [-0.15, -0.1) is 0 Å². The molecule has 1 amide bonds. The number of amides is 1. The molecule has 1 heterocycles. The van der Waals surface area contributed by atoms with Crippen molar-refractivity contribution in [3.63, 3.8) is 0 Å². The Morgan fingerprint density at radius 3 is 2.87 bits per heavy atom. The molecular weight excluding hydrogens is 190 g/mol. The van der Waals surface area contributed by atoms with Crippen LogP contribution in [0, 0.1) is 5.92 Å². The fraction of sp³-hybridized carbons (Fsp3) is 0.417. The summed E-state index contributed by atoms with van der Waals surface area (Å²) in [6.07, 6.45) is 0.957. The van der Waals surface area contributed by atoms with Gasteiger partial charge in [0, 0.05) is 5.69 Å². The van der Waals surface area contributed by atoms with Gasteiger partial charge in [-0.2, -0.15) is 0 Å². The van der Waals surface area contributed by atoms with Crippen molar-refractivity contribution < 1.29 is 9.53 Å². The molecule has 1 N–H and O–H groups in total. The monoisotopic (exact) mass is 203 g/mol. The van der Waals surface area contributed by atoms with E-state index in [4.69, 9.17) is 4.74 Å². The van der Waals surface area contributed by atoms with Gasteiger partial charge in [0.25, 0.3) is 0 Å². The number of hydrogen-bond acceptors (Lipinski definition) is 2. The van der Waals surface area contributed by atoms with Gasteiger partial charge in [0.2, 0.25) is 5.91 Å². The largest absolute Gasteiger partial charge is 0.497 e. The van der Waals surface area contributed by atoms with Crippen LogP contribution in [0.15, 0.2) is 18.2 Å². The van der Waals surface area contributed by atoms with Crippen molar-refractivity contribution in [2.24, 2.45) is 5.92 Å². The average molecular weight is 203 g/mol. The first-order valence-electron chi connectivity index (χ1n) is 5.18. The quantitative estimate of drug-likeness (QED) is 0.757. The number of rotatable bonds is 1. The highest BCUT2D eigenvalue weighted by atomic mass is 16.5. The Morgan fingerprint density at radius 1 is 1.53 bits per heavy atom. The van der Waals surface area contributed by atoms with Crippen molar-refractivity contribution in [2.45, 2.75) is 18.8 Å². The highest BCUT2D eigenvalue weighted by molar-refractivity contribution is 6.08. The zero-order valence-electron chi connectivity index (χ0n) is 8.83. The first-order valence-corrected chi connectivity index (χ1v) is 5.18. The standard InChI is InChI=1S/C12H13NO2/c1-7-6-12(7)9-5-8(15-2)3-4-10(9)13-11(12)14/h3-5,7H,6H2,1-2H3,(H,13,14)/t7-,12-/m1/s1. The van der Waals surface area contributed by atoms with Crippen molar-refractivity contribution in [1.29, 1.82) is 0 Å². The average Bonchev–Trinajstić information content (AvgIpc) is 2.83. The summed E-state index contributed by atoms with van der Waals surface area (Å²) in [5, 5.41) is 2.94. The van der Waals surface area contributed by atoms with Crippen LogP contribution in [0.3, 0.4) is 0 Å². The molecule has 3 nitrogen and oxygen atoms in total. The molecule has 1 aromatic carbocycles. The molecule has 2 aliphatic rings. The molecule has 1 spiro atoms. The van der Waals surface area contributed by atoms with Gasteiger partial charge in [0.15, 0.2) is 0 Å². The molecule has 0 radical (unpaired) electrons. The zero-order valence-corrected chi connectivity index (χ0v) is 8.83. The van der Waals surface area contributed by atoms with Gasteiger partial charge in [-0.1, -0.05) is 6.92 Å². The van der Waals surface area contributed by atoms with E-state index in [0.717, 1.165) is 23.4 Å². The van der Waals surface area contributed by atoms with Crippen molar-refractivity contribution in [3.05, 3.63) is 23.8 Å². The van der Waals surface area contributed by atoms with Gasteiger partial charge in [-0.05, 0) is 36.1 Å². The van der Waals surface area contributed by atoms with Crippen LogP contribution in [0.25, 0.3) is 0 Å². The summed E-state index contributed by atoms with van der Waals surface area (Å²) >= 11 is 0. The maximum Gasteiger partial charge on any atom is 0.235 e. The summed E-state index contributed by atoms with van der Waals surface area (Å²) in [5.74, 6) is 1.42. The number of fused-ring (bicyclic) bond motifs is 2. The van der Waals surface area contributed by atoms with E-state index < -0.39 is 0 Å². The normalized spacial score (nSPS) is 31.3. The number of carbonyl (C=O) groups is 1. The molecule has 1 fully saturated rings. The molecule has 1 saturated carbocycles. The molecule has 3 heteroatoms. The third-order valence-electron chi connectivity index (χ3n) is 3.67. The highest BCUT2D eigenvalue weighted by Gasteiger charge is 2.62. The minimum absolute atomic E-state index is 0.151. The van der Waals surface area contributed by atoms with Crippen LogP contribution < -0.4 is 10.1 Å². The lowest BCUT2D eigenvalue weighted by molar-refractivity contribution is -0.118. The Bertz CT molecular complexity index is 455. The molecule has 1 aliphatic heterocycles. The van der Waals surface area contributed by atoms with E-state index in [-0.39, 0.29) is 11.3 Å². The van der Waals surface area contributed by atoms with Crippen LogP contribution in [0.2, 0.25) is 0 Å². The van der Waals surface area contributed by atoms with Gasteiger partial charge in [0.05, 0.1) is 12.5 Å². The smallest absolute Gasteiger partial charge is 0.235 e. The van der Waals surface area contributed by atoms with E-state index >= 15 is 0 Å². The predicted octanol–water partition coefficient (Wildman–Crippen LogP) is 1.92. The summed E-state index contributed by atoms with van der Waals surface area (Å²) in [6, 6.07) is 5.79. The lowest BCUT2D eigenvalue weighted by Gasteiger charge is -2.07. The van der Waals surface area contributed by atoms with Gasteiger partial charge < -0.3 is 10.1 Å². The molecule has 2 atom stereocenters. The summed E-state index contributed by atoms with van der Waals surface area (Å²) in [6.45, 7) is 2.12. The molecule has 0 bridgehead atoms. The van der Waals surface area contributed by atoms with Crippen LogP contribution in [-0.4, -0.2) is 13.0 Å².